The van der Waals surface area contributed by atoms with Crippen molar-refractivity contribution in [1.82, 2.24) is 5.32 Å². The summed E-state index contributed by atoms with van der Waals surface area (Å²) in [6, 6.07) is 4.05. The molecule has 1 aromatic heterocycles. The second kappa shape index (κ2) is 4.99. The lowest BCUT2D eigenvalue weighted by molar-refractivity contribution is -0.125. The van der Waals surface area contributed by atoms with Crippen LogP contribution in [0.3, 0.4) is 0 Å². The van der Waals surface area contributed by atoms with Crippen molar-refractivity contribution in [2.75, 3.05) is 13.7 Å². The number of ether oxygens (including phenoxy) is 1. The average molecular weight is 199 g/mol. The Balaban J connectivity index is 2.42. The van der Waals surface area contributed by atoms with Gasteiger partial charge in [-0.1, -0.05) is 6.07 Å². The Morgan fingerprint density at radius 2 is 2.54 bits per heavy atom. The van der Waals surface area contributed by atoms with E-state index in [9.17, 15) is 4.79 Å². The topological polar surface area (TPSA) is 38.3 Å². The summed E-state index contributed by atoms with van der Waals surface area (Å²) in [7, 11) is 1.51. The molecule has 4 heteroatoms. The van der Waals surface area contributed by atoms with Gasteiger partial charge in [-0.25, -0.2) is 0 Å². The summed E-state index contributed by atoms with van der Waals surface area (Å²) in [4.78, 5) is 12.3. The van der Waals surface area contributed by atoms with E-state index in [0.29, 0.717) is 0 Å². The van der Waals surface area contributed by atoms with Crippen LogP contribution < -0.4 is 5.32 Å². The van der Waals surface area contributed by atoms with E-state index in [1.54, 1.807) is 11.3 Å². The fourth-order valence-corrected chi connectivity index (χ4v) is 1.76. The van der Waals surface area contributed by atoms with Crippen molar-refractivity contribution in [2.45, 2.75) is 13.0 Å². The van der Waals surface area contributed by atoms with Crippen molar-refractivity contribution >= 4 is 17.2 Å². The summed E-state index contributed by atoms with van der Waals surface area (Å²) >= 11 is 1.64. The van der Waals surface area contributed by atoms with Crippen LogP contribution in [0.5, 0.6) is 0 Å². The first kappa shape index (κ1) is 10.2. The van der Waals surface area contributed by atoms with Crippen molar-refractivity contribution < 1.29 is 9.53 Å². The molecule has 0 saturated heterocycles. The molecule has 0 saturated carbocycles. The highest BCUT2D eigenvalue weighted by Gasteiger charge is 2.08. The van der Waals surface area contributed by atoms with Gasteiger partial charge < -0.3 is 10.1 Å². The molecule has 1 heterocycles. The Morgan fingerprint density at radius 3 is 3.08 bits per heavy atom. The molecule has 0 spiro atoms. The molecular formula is C9H13NO2S. The van der Waals surface area contributed by atoms with E-state index in [4.69, 9.17) is 4.74 Å². The molecule has 0 fully saturated rings. The molecule has 1 amide bonds. The number of methoxy groups -OCH3 is 1. The van der Waals surface area contributed by atoms with E-state index in [0.717, 1.165) is 4.88 Å². The lowest BCUT2D eigenvalue weighted by Gasteiger charge is -2.11. The van der Waals surface area contributed by atoms with Crippen LogP contribution >= 0.6 is 11.3 Å². The summed E-state index contributed by atoms with van der Waals surface area (Å²) in [5.74, 6) is -0.0802. The third-order valence-corrected chi connectivity index (χ3v) is 2.68. The van der Waals surface area contributed by atoms with Crippen LogP contribution in [0, 0.1) is 0 Å². The maximum atomic E-state index is 11.1. The quantitative estimate of drug-likeness (QED) is 0.799. The molecule has 0 radical (unpaired) electrons. The highest BCUT2D eigenvalue weighted by Crippen LogP contribution is 2.17. The molecule has 0 aromatic carbocycles. The van der Waals surface area contributed by atoms with E-state index in [1.807, 2.05) is 24.4 Å². The highest BCUT2D eigenvalue weighted by molar-refractivity contribution is 7.10. The zero-order valence-corrected chi connectivity index (χ0v) is 8.56. The first-order valence-corrected chi connectivity index (χ1v) is 4.93. The highest BCUT2D eigenvalue weighted by atomic mass is 32.1. The van der Waals surface area contributed by atoms with Gasteiger partial charge in [-0.15, -0.1) is 11.3 Å². The third kappa shape index (κ3) is 3.16. The van der Waals surface area contributed by atoms with Gasteiger partial charge in [0.2, 0.25) is 5.91 Å². The first-order valence-electron chi connectivity index (χ1n) is 4.05. The first-order chi connectivity index (χ1) is 6.24. The van der Waals surface area contributed by atoms with Crippen LogP contribution in [0.1, 0.15) is 17.8 Å². The average Bonchev–Trinajstić information content (AvgIpc) is 2.55. The predicted octanol–water partition coefficient (Wildman–Crippen LogP) is 1.57. The molecule has 1 aromatic rings. The van der Waals surface area contributed by atoms with Crippen molar-refractivity contribution in [2.24, 2.45) is 0 Å². The number of rotatable bonds is 4. The van der Waals surface area contributed by atoms with E-state index in [1.165, 1.54) is 7.11 Å². The molecule has 13 heavy (non-hydrogen) atoms. The predicted molar refractivity (Wildman–Crippen MR) is 52.8 cm³/mol. The number of thiophene rings is 1. The van der Waals surface area contributed by atoms with Crippen LogP contribution in [-0.4, -0.2) is 19.6 Å². The minimum Gasteiger partial charge on any atom is -0.375 e. The second-order valence-electron chi connectivity index (χ2n) is 2.74. The van der Waals surface area contributed by atoms with Crippen LogP contribution in [0.25, 0.3) is 0 Å². The molecule has 1 unspecified atom stereocenters. The zero-order valence-electron chi connectivity index (χ0n) is 7.74. The van der Waals surface area contributed by atoms with E-state index in [2.05, 4.69) is 5.32 Å². The molecule has 0 bridgehead atoms. The summed E-state index contributed by atoms with van der Waals surface area (Å²) in [6.45, 7) is 2.08. The lowest BCUT2D eigenvalue weighted by atomic mass is 10.3. The number of hydrogen-bond acceptors (Lipinski definition) is 3. The van der Waals surface area contributed by atoms with Gasteiger partial charge in [0.1, 0.15) is 6.61 Å². The minimum absolute atomic E-state index is 0.0719. The molecule has 3 nitrogen and oxygen atoms in total. The summed E-state index contributed by atoms with van der Waals surface area (Å²) in [5, 5.41) is 4.82. The SMILES string of the molecule is COCC(=O)NC(C)c1cccs1. The van der Waals surface area contributed by atoms with Crippen LogP contribution in [0.2, 0.25) is 0 Å². The van der Waals surface area contributed by atoms with Gasteiger partial charge in [-0.2, -0.15) is 0 Å². The zero-order chi connectivity index (χ0) is 9.68. The van der Waals surface area contributed by atoms with Crippen molar-refractivity contribution in [3.8, 4) is 0 Å². The summed E-state index contributed by atoms with van der Waals surface area (Å²) < 4.78 is 4.71. The van der Waals surface area contributed by atoms with Gasteiger partial charge in [-0.05, 0) is 18.4 Å². The number of amides is 1. The van der Waals surface area contributed by atoms with Gasteiger partial charge in [0.05, 0.1) is 6.04 Å². The lowest BCUT2D eigenvalue weighted by Crippen LogP contribution is -2.29. The monoisotopic (exact) mass is 199 g/mol. The van der Waals surface area contributed by atoms with Crippen molar-refractivity contribution in [1.29, 1.82) is 0 Å². The van der Waals surface area contributed by atoms with E-state index < -0.39 is 0 Å². The molecule has 1 atom stereocenters. The molecular weight excluding hydrogens is 186 g/mol. The molecule has 1 rings (SSSR count). The van der Waals surface area contributed by atoms with Gasteiger partial charge in [0.25, 0.3) is 0 Å². The summed E-state index contributed by atoms with van der Waals surface area (Å²) in [5.41, 5.74) is 0. The Hall–Kier alpha value is -0.870. The Morgan fingerprint density at radius 1 is 1.77 bits per heavy atom. The van der Waals surface area contributed by atoms with Crippen molar-refractivity contribution in [3.05, 3.63) is 22.4 Å². The molecule has 0 aliphatic heterocycles. The van der Waals surface area contributed by atoms with Crippen LogP contribution in [0.15, 0.2) is 17.5 Å². The fourth-order valence-electron chi connectivity index (χ4n) is 1.02. The number of carbonyl (C=O) groups is 1. The minimum atomic E-state index is -0.0802. The molecule has 0 aliphatic rings. The third-order valence-electron chi connectivity index (χ3n) is 1.62. The number of carbonyl (C=O) groups excluding carboxylic acids is 1. The van der Waals surface area contributed by atoms with Crippen LogP contribution in [-0.2, 0) is 9.53 Å². The smallest absolute Gasteiger partial charge is 0.246 e. The second-order valence-corrected chi connectivity index (χ2v) is 3.72. The fraction of sp³-hybridized carbons (Fsp3) is 0.444. The molecule has 1 N–H and O–H groups in total. The maximum absolute atomic E-state index is 11.1. The van der Waals surface area contributed by atoms with Gasteiger partial charge in [0, 0.05) is 12.0 Å². The van der Waals surface area contributed by atoms with Gasteiger partial charge >= 0.3 is 0 Å². The Bertz CT molecular complexity index is 259. The molecule has 0 aliphatic carbocycles. The number of nitrogens with one attached hydrogen (secondary N) is 1. The standard InChI is InChI=1S/C9H13NO2S/c1-7(8-4-3-5-13-8)10-9(11)6-12-2/h3-5,7H,6H2,1-2H3,(H,10,11). The Labute approximate surface area is 81.7 Å². The molecule has 72 valence electrons. The maximum Gasteiger partial charge on any atom is 0.246 e. The van der Waals surface area contributed by atoms with E-state index >= 15 is 0 Å². The van der Waals surface area contributed by atoms with Crippen LogP contribution in [0.4, 0.5) is 0 Å². The van der Waals surface area contributed by atoms with Crippen molar-refractivity contribution in [3.63, 3.8) is 0 Å². The van der Waals surface area contributed by atoms with Gasteiger partial charge in [0.15, 0.2) is 0 Å². The largest absolute Gasteiger partial charge is 0.375 e. The normalized spacial score (nSPS) is 12.5. The van der Waals surface area contributed by atoms with Gasteiger partial charge in [-0.3, -0.25) is 4.79 Å². The van der Waals surface area contributed by atoms with E-state index in [-0.39, 0.29) is 18.6 Å². The Kier molecular flexibility index (Phi) is 3.92. The summed E-state index contributed by atoms with van der Waals surface area (Å²) in [6.07, 6.45) is 0. The number of hydrogen-bond donors (Lipinski definition) is 1.